The highest BCUT2D eigenvalue weighted by atomic mass is 35.5. The first-order valence-corrected chi connectivity index (χ1v) is 9.22. The molecule has 7 heteroatoms. The number of halogens is 1. The van der Waals surface area contributed by atoms with Gasteiger partial charge in [0.25, 0.3) is 5.91 Å². The van der Waals surface area contributed by atoms with E-state index in [1.807, 2.05) is 24.3 Å². The van der Waals surface area contributed by atoms with Gasteiger partial charge in [-0.25, -0.2) is 4.98 Å². The maximum atomic E-state index is 12.2. The van der Waals surface area contributed by atoms with E-state index < -0.39 is 0 Å². The molecule has 0 saturated heterocycles. The van der Waals surface area contributed by atoms with Crippen LogP contribution in [-0.4, -0.2) is 24.6 Å². The lowest BCUT2D eigenvalue weighted by molar-refractivity contribution is -0.118. The van der Waals surface area contributed by atoms with Gasteiger partial charge in [-0.3, -0.25) is 4.79 Å². The smallest absolute Gasteiger partial charge is 0.262 e. The van der Waals surface area contributed by atoms with E-state index in [-0.39, 0.29) is 12.5 Å². The number of methoxy groups -OCH3 is 1. The molecule has 146 valence electrons. The Kier molecular flexibility index (Phi) is 5.35. The Morgan fingerprint density at radius 3 is 2.69 bits per heavy atom. The van der Waals surface area contributed by atoms with E-state index >= 15 is 0 Å². The molecule has 0 saturated carbocycles. The predicted octanol–water partition coefficient (Wildman–Crippen LogP) is 5.17. The zero-order valence-electron chi connectivity index (χ0n) is 15.5. The summed E-state index contributed by atoms with van der Waals surface area (Å²) in [5.74, 6) is 1.48. The van der Waals surface area contributed by atoms with Gasteiger partial charge < -0.3 is 19.2 Å². The fourth-order valence-corrected chi connectivity index (χ4v) is 2.88. The highest BCUT2D eigenvalue weighted by Gasteiger charge is 2.11. The molecule has 1 heterocycles. The van der Waals surface area contributed by atoms with Crippen molar-refractivity contribution >= 4 is 34.3 Å². The number of rotatable bonds is 6. The third-order valence-corrected chi connectivity index (χ3v) is 4.42. The molecule has 29 heavy (non-hydrogen) atoms. The van der Waals surface area contributed by atoms with Gasteiger partial charge in [-0.2, -0.15) is 0 Å². The highest BCUT2D eigenvalue weighted by molar-refractivity contribution is 6.30. The number of amides is 1. The van der Waals surface area contributed by atoms with Crippen molar-refractivity contribution in [1.29, 1.82) is 0 Å². The van der Waals surface area contributed by atoms with E-state index in [9.17, 15) is 4.79 Å². The summed E-state index contributed by atoms with van der Waals surface area (Å²) in [6.45, 7) is -0.120. The zero-order chi connectivity index (χ0) is 20.2. The summed E-state index contributed by atoms with van der Waals surface area (Å²) in [5.41, 5.74) is 2.66. The average Bonchev–Trinajstić information content (AvgIpc) is 3.17. The lowest BCUT2D eigenvalue weighted by Crippen LogP contribution is -2.20. The zero-order valence-corrected chi connectivity index (χ0v) is 16.3. The molecule has 4 aromatic rings. The van der Waals surface area contributed by atoms with Crippen LogP contribution in [0.25, 0.3) is 22.6 Å². The van der Waals surface area contributed by atoms with Gasteiger partial charge in [0, 0.05) is 22.3 Å². The summed E-state index contributed by atoms with van der Waals surface area (Å²) in [6, 6.07) is 19.6. The highest BCUT2D eigenvalue weighted by Crippen LogP contribution is 2.28. The molecular weight excluding hydrogens is 392 g/mol. The molecule has 0 aliphatic heterocycles. The van der Waals surface area contributed by atoms with Gasteiger partial charge in [-0.1, -0.05) is 17.7 Å². The summed E-state index contributed by atoms with van der Waals surface area (Å²) in [6.07, 6.45) is 0. The van der Waals surface area contributed by atoms with Crippen molar-refractivity contribution in [2.24, 2.45) is 0 Å². The summed E-state index contributed by atoms with van der Waals surface area (Å²) < 4.78 is 16.5. The third-order valence-electron chi connectivity index (χ3n) is 4.17. The first kappa shape index (κ1) is 18.8. The lowest BCUT2D eigenvalue weighted by atomic mass is 10.2. The van der Waals surface area contributed by atoms with Crippen molar-refractivity contribution in [3.8, 4) is 23.0 Å². The number of benzene rings is 3. The second kappa shape index (κ2) is 8.24. The maximum Gasteiger partial charge on any atom is 0.262 e. The van der Waals surface area contributed by atoms with Gasteiger partial charge in [-0.15, -0.1) is 0 Å². The number of carbonyl (C=O) groups is 1. The van der Waals surface area contributed by atoms with Crippen molar-refractivity contribution in [3.63, 3.8) is 0 Å². The van der Waals surface area contributed by atoms with Crippen LogP contribution in [0.2, 0.25) is 5.02 Å². The molecule has 0 unspecified atom stereocenters. The lowest BCUT2D eigenvalue weighted by Gasteiger charge is -2.07. The number of nitrogens with zero attached hydrogens (tertiary/aromatic N) is 1. The van der Waals surface area contributed by atoms with Crippen LogP contribution in [0.15, 0.2) is 71.1 Å². The van der Waals surface area contributed by atoms with Crippen LogP contribution >= 0.6 is 11.6 Å². The fraction of sp³-hybridized carbons (Fsp3) is 0.0909. The van der Waals surface area contributed by atoms with Crippen LogP contribution < -0.4 is 14.8 Å². The van der Waals surface area contributed by atoms with Crippen molar-refractivity contribution in [2.45, 2.75) is 0 Å². The first-order chi connectivity index (χ1) is 14.1. The SMILES string of the molecule is COc1cccc(-c2nc3ccc(NC(=O)COc4ccc(Cl)cc4)cc3o2)c1. The molecule has 1 aromatic heterocycles. The van der Waals surface area contributed by atoms with Crippen LogP contribution in [0.1, 0.15) is 0 Å². The predicted molar refractivity (Wildman–Crippen MR) is 112 cm³/mol. The fourth-order valence-electron chi connectivity index (χ4n) is 2.76. The Hall–Kier alpha value is -3.51. The molecule has 1 amide bonds. The van der Waals surface area contributed by atoms with Crippen molar-refractivity contribution in [3.05, 3.63) is 71.8 Å². The minimum atomic E-state index is -0.285. The normalized spacial score (nSPS) is 10.7. The molecule has 3 aromatic carbocycles. The Morgan fingerprint density at radius 2 is 1.90 bits per heavy atom. The molecule has 0 aliphatic carbocycles. The number of oxazole rings is 1. The molecule has 0 bridgehead atoms. The van der Waals surface area contributed by atoms with Gasteiger partial charge >= 0.3 is 0 Å². The molecule has 0 radical (unpaired) electrons. The van der Waals surface area contributed by atoms with Crippen molar-refractivity contribution in [2.75, 3.05) is 19.0 Å². The van der Waals surface area contributed by atoms with Gasteiger partial charge in [0.05, 0.1) is 7.11 Å². The van der Waals surface area contributed by atoms with Gasteiger partial charge in [0.2, 0.25) is 5.89 Å². The van der Waals surface area contributed by atoms with Crippen molar-refractivity contribution in [1.82, 2.24) is 4.98 Å². The van der Waals surface area contributed by atoms with E-state index in [1.54, 1.807) is 49.6 Å². The number of carbonyl (C=O) groups excluding carboxylic acids is 1. The summed E-state index contributed by atoms with van der Waals surface area (Å²) in [7, 11) is 1.61. The number of nitrogens with one attached hydrogen (secondary N) is 1. The van der Waals surface area contributed by atoms with Gasteiger partial charge in [-0.05, 0) is 54.6 Å². The molecule has 0 fully saturated rings. The minimum absolute atomic E-state index is 0.120. The monoisotopic (exact) mass is 408 g/mol. The molecule has 1 N–H and O–H groups in total. The van der Waals surface area contributed by atoms with Crippen LogP contribution in [0.5, 0.6) is 11.5 Å². The van der Waals surface area contributed by atoms with E-state index in [0.29, 0.717) is 33.4 Å². The first-order valence-electron chi connectivity index (χ1n) is 8.84. The van der Waals surface area contributed by atoms with Crippen LogP contribution in [0, 0.1) is 0 Å². The molecule has 0 atom stereocenters. The number of hydrogen-bond acceptors (Lipinski definition) is 5. The summed E-state index contributed by atoms with van der Waals surface area (Å²) in [4.78, 5) is 16.7. The standard InChI is InChI=1S/C22H17ClN2O4/c1-27-18-4-2-3-14(11-18)22-25-19-10-7-16(12-20(19)29-22)24-21(26)13-28-17-8-5-15(23)6-9-17/h2-12H,13H2,1H3,(H,24,26). The Labute approximate surface area is 172 Å². The molecule has 4 rings (SSSR count). The Bertz CT molecular complexity index is 1160. The summed E-state index contributed by atoms with van der Waals surface area (Å²) >= 11 is 5.83. The van der Waals surface area contributed by atoms with E-state index in [0.717, 1.165) is 11.3 Å². The molecule has 6 nitrogen and oxygen atoms in total. The number of aromatic nitrogens is 1. The van der Waals surface area contributed by atoms with Crippen LogP contribution in [-0.2, 0) is 4.79 Å². The summed E-state index contributed by atoms with van der Waals surface area (Å²) in [5, 5.41) is 3.39. The van der Waals surface area contributed by atoms with Crippen molar-refractivity contribution < 1.29 is 18.7 Å². The maximum absolute atomic E-state index is 12.2. The van der Waals surface area contributed by atoms with Gasteiger partial charge in [0.1, 0.15) is 17.0 Å². The Balaban J connectivity index is 1.45. The van der Waals surface area contributed by atoms with Crippen LogP contribution in [0.3, 0.4) is 0 Å². The third kappa shape index (κ3) is 4.50. The van der Waals surface area contributed by atoms with E-state index in [4.69, 9.17) is 25.5 Å². The average molecular weight is 409 g/mol. The second-order valence-corrected chi connectivity index (χ2v) is 6.66. The van der Waals surface area contributed by atoms with Gasteiger partial charge in [0.15, 0.2) is 12.2 Å². The number of anilines is 1. The number of hydrogen-bond donors (Lipinski definition) is 1. The molecule has 0 aliphatic rings. The largest absolute Gasteiger partial charge is 0.497 e. The molecular formula is C22H17ClN2O4. The number of fused-ring (bicyclic) bond motifs is 1. The molecule has 0 spiro atoms. The van der Waals surface area contributed by atoms with E-state index in [2.05, 4.69) is 10.3 Å². The minimum Gasteiger partial charge on any atom is -0.497 e. The topological polar surface area (TPSA) is 73.6 Å². The van der Waals surface area contributed by atoms with Crippen LogP contribution in [0.4, 0.5) is 5.69 Å². The number of ether oxygens (including phenoxy) is 2. The quantitative estimate of drug-likeness (QED) is 0.476. The van der Waals surface area contributed by atoms with E-state index in [1.165, 1.54) is 0 Å². The Morgan fingerprint density at radius 1 is 1.07 bits per heavy atom. The second-order valence-electron chi connectivity index (χ2n) is 6.22.